The van der Waals surface area contributed by atoms with E-state index in [1.807, 2.05) is 36.5 Å². The molecule has 106 valence electrons. The molecule has 1 aromatic rings. The SMILES string of the molecule is Cc1ccccc1CNC(C)C(=O)NCC(F)(F)F. The van der Waals surface area contributed by atoms with Crippen molar-refractivity contribution in [2.45, 2.75) is 32.6 Å². The first-order valence-corrected chi connectivity index (χ1v) is 5.92. The van der Waals surface area contributed by atoms with Crippen molar-refractivity contribution >= 4 is 5.91 Å². The van der Waals surface area contributed by atoms with E-state index in [9.17, 15) is 18.0 Å². The van der Waals surface area contributed by atoms with Crippen LogP contribution in [-0.4, -0.2) is 24.7 Å². The fourth-order valence-electron chi connectivity index (χ4n) is 1.50. The van der Waals surface area contributed by atoms with Crippen molar-refractivity contribution in [1.82, 2.24) is 10.6 Å². The van der Waals surface area contributed by atoms with Crippen LogP contribution in [0.5, 0.6) is 0 Å². The van der Waals surface area contributed by atoms with Crippen LogP contribution in [0.3, 0.4) is 0 Å². The molecule has 2 N–H and O–H groups in total. The van der Waals surface area contributed by atoms with Gasteiger partial charge in [-0.15, -0.1) is 0 Å². The quantitative estimate of drug-likeness (QED) is 0.864. The van der Waals surface area contributed by atoms with E-state index in [4.69, 9.17) is 0 Å². The van der Waals surface area contributed by atoms with Crippen LogP contribution >= 0.6 is 0 Å². The predicted octanol–water partition coefficient (Wildman–Crippen LogP) is 2.15. The van der Waals surface area contributed by atoms with Crippen molar-refractivity contribution in [3.05, 3.63) is 35.4 Å². The molecule has 1 aromatic carbocycles. The molecule has 0 aliphatic heterocycles. The van der Waals surface area contributed by atoms with Crippen LogP contribution < -0.4 is 10.6 Å². The standard InChI is InChI=1S/C13H17F3N2O/c1-9-5-3-4-6-11(9)7-17-10(2)12(19)18-8-13(14,15)16/h3-6,10,17H,7-8H2,1-2H3,(H,18,19). The third-order valence-electron chi connectivity index (χ3n) is 2.72. The molecule has 0 bridgehead atoms. The van der Waals surface area contributed by atoms with Crippen LogP contribution in [0.25, 0.3) is 0 Å². The van der Waals surface area contributed by atoms with Gasteiger partial charge in [-0.2, -0.15) is 13.2 Å². The van der Waals surface area contributed by atoms with Gasteiger partial charge in [0.1, 0.15) is 6.54 Å². The van der Waals surface area contributed by atoms with E-state index in [0.29, 0.717) is 6.54 Å². The Kier molecular flexibility index (Phi) is 5.35. The van der Waals surface area contributed by atoms with Crippen LogP contribution in [0.4, 0.5) is 13.2 Å². The fourth-order valence-corrected chi connectivity index (χ4v) is 1.50. The van der Waals surface area contributed by atoms with Gasteiger partial charge in [-0.1, -0.05) is 24.3 Å². The molecule has 0 saturated carbocycles. The minimum Gasteiger partial charge on any atom is -0.346 e. The number of carbonyl (C=O) groups excluding carboxylic acids is 1. The first kappa shape index (κ1) is 15.5. The average Bonchev–Trinajstić information content (AvgIpc) is 2.33. The maximum Gasteiger partial charge on any atom is 0.405 e. The third-order valence-corrected chi connectivity index (χ3v) is 2.72. The van der Waals surface area contributed by atoms with Crippen molar-refractivity contribution in [2.75, 3.05) is 6.54 Å². The lowest BCUT2D eigenvalue weighted by molar-refractivity contribution is -0.139. The number of aryl methyl sites for hydroxylation is 1. The Hall–Kier alpha value is -1.56. The Morgan fingerprint density at radius 1 is 1.32 bits per heavy atom. The van der Waals surface area contributed by atoms with Crippen LogP contribution in [-0.2, 0) is 11.3 Å². The maximum absolute atomic E-state index is 11.9. The first-order valence-electron chi connectivity index (χ1n) is 5.92. The van der Waals surface area contributed by atoms with Crippen molar-refractivity contribution in [3.63, 3.8) is 0 Å². The van der Waals surface area contributed by atoms with E-state index < -0.39 is 24.7 Å². The summed E-state index contributed by atoms with van der Waals surface area (Å²) in [4.78, 5) is 11.4. The highest BCUT2D eigenvalue weighted by Gasteiger charge is 2.28. The number of benzene rings is 1. The summed E-state index contributed by atoms with van der Waals surface area (Å²) < 4.78 is 35.8. The van der Waals surface area contributed by atoms with Crippen molar-refractivity contribution in [3.8, 4) is 0 Å². The lowest BCUT2D eigenvalue weighted by Crippen LogP contribution is -2.45. The van der Waals surface area contributed by atoms with Crippen LogP contribution in [0, 0.1) is 6.92 Å². The van der Waals surface area contributed by atoms with Crippen molar-refractivity contribution in [2.24, 2.45) is 0 Å². The summed E-state index contributed by atoms with van der Waals surface area (Å²) >= 11 is 0. The first-order chi connectivity index (χ1) is 8.79. The topological polar surface area (TPSA) is 41.1 Å². The minimum absolute atomic E-state index is 0.438. The fraction of sp³-hybridized carbons (Fsp3) is 0.462. The molecular formula is C13H17F3N2O. The Morgan fingerprint density at radius 2 is 1.95 bits per heavy atom. The summed E-state index contributed by atoms with van der Waals surface area (Å²) in [7, 11) is 0. The summed E-state index contributed by atoms with van der Waals surface area (Å²) in [5.41, 5.74) is 2.08. The van der Waals surface area contributed by atoms with Gasteiger partial charge >= 0.3 is 6.18 Å². The monoisotopic (exact) mass is 274 g/mol. The predicted molar refractivity (Wildman–Crippen MR) is 66.5 cm³/mol. The largest absolute Gasteiger partial charge is 0.405 e. The summed E-state index contributed by atoms with van der Waals surface area (Å²) in [6.45, 7) is 2.60. The van der Waals surface area contributed by atoms with Gasteiger partial charge < -0.3 is 10.6 Å². The number of alkyl halides is 3. The van der Waals surface area contributed by atoms with E-state index in [1.54, 1.807) is 0 Å². The van der Waals surface area contributed by atoms with Gasteiger partial charge in [0.05, 0.1) is 6.04 Å². The molecule has 0 fully saturated rings. The van der Waals surface area contributed by atoms with Gasteiger partial charge in [0.25, 0.3) is 0 Å². The molecule has 6 heteroatoms. The molecule has 0 aliphatic rings. The van der Waals surface area contributed by atoms with Gasteiger partial charge in [0.2, 0.25) is 5.91 Å². The van der Waals surface area contributed by atoms with Gasteiger partial charge in [0, 0.05) is 6.54 Å². The zero-order chi connectivity index (χ0) is 14.5. The molecule has 0 saturated heterocycles. The highest BCUT2D eigenvalue weighted by Crippen LogP contribution is 2.12. The number of halogens is 3. The number of hydrogen-bond donors (Lipinski definition) is 2. The Balaban J connectivity index is 2.41. The number of rotatable bonds is 5. The van der Waals surface area contributed by atoms with Gasteiger partial charge in [-0.05, 0) is 25.0 Å². The second kappa shape index (κ2) is 6.56. The lowest BCUT2D eigenvalue weighted by Gasteiger charge is -2.15. The molecule has 0 heterocycles. The van der Waals surface area contributed by atoms with E-state index in [0.717, 1.165) is 11.1 Å². The highest BCUT2D eigenvalue weighted by atomic mass is 19.4. The smallest absolute Gasteiger partial charge is 0.346 e. The molecule has 1 atom stereocenters. The Labute approximate surface area is 110 Å². The minimum atomic E-state index is -4.38. The Bertz CT molecular complexity index is 432. The number of amides is 1. The van der Waals surface area contributed by atoms with E-state index in [2.05, 4.69) is 5.32 Å². The normalized spacial score (nSPS) is 13.1. The molecule has 3 nitrogen and oxygen atoms in total. The lowest BCUT2D eigenvalue weighted by atomic mass is 10.1. The average molecular weight is 274 g/mol. The second-order valence-electron chi connectivity index (χ2n) is 4.36. The summed E-state index contributed by atoms with van der Waals surface area (Å²) in [6.07, 6.45) is -4.38. The molecule has 0 radical (unpaired) electrons. The molecule has 0 aromatic heterocycles. The Morgan fingerprint density at radius 3 is 2.53 bits per heavy atom. The van der Waals surface area contributed by atoms with Crippen molar-refractivity contribution in [1.29, 1.82) is 0 Å². The van der Waals surface area contributed by atoms with Crippen molar-refractivity contribution < 1.29 is 18.0 Å². The van der Waals surface area contributed by atoms with E-state index in [1.165, 1.54) is 6.92 Å². The molecule has 0 aliphatic carbocycles. The molecule has 1 unspecified atom stereocenters. The number of hydrogen-bond acceptors (Lipinski definition) is 2. The third kappa shape index (κ3) is 5.74. The summed E-state index contributed by atoms with van der Waals surface area (Å²) in [5.74, 6) is -0.661. The molecule has 1 rings (SSSR count). The molecule has 0 spiro atoms. The van der Waals surface area contributed by atoms with E-state index in [-0.39, 0.29) is 0 Å². The molecule has 1 amide bonds. The van der Waals surface area contributed by atoms with Crippen LogP contribution in [0.2, 0.25) is 0 Å². The highest BCUT2D eigenvalue weighted by molar-refractivity contribution is 5.81. The maximum atomic E-state index is 11.9. The summed E-state index contributed by atoms with van der Waals surface area (Å²) in [5, 5.41) is 4.74. The van der Waals surface area contributed by atoms with E-state index >= 15 is 0 Å². The number of nitrogens with one attached hydrogen (secondary N) is 2. The van der Waals surface area contributed by atoms with Crippen LogP contribution in [0.15, 0.2) is 24.3 Å². The second-order valence-corrected chi connectivity index (χ2v) is 4.36. The zero-order valence-corrected chi connectivity index (χ0v) is 10.8. The zero-order valence-electron chi connectivity index (χ0n) is 10.8. The van der Waals surface area contributed by atoms with Gasteiger partial charge in [-0.25, -0.2) is 0 Å². The summed E-state index contributed by atoms with van der Waals surface area (Å²) in [6, 6.07) is 6.94. The van der Waals surface area contributed by atoms with Crippen LogP contribution in [0.1, 0.15) is 18.1 Å². The molecular weight excluding hydrogens is 257 g/mol. The number of carbonyl (C=O) groups is 1. The van der Waals surface area contributed by atoms with Gasteiger partial charge in [0.15, 0.2) is 0 Å². The molecule has 19 heavy (non-hydrogen) atoms. The van der Waals surface area contributed by atoms with Gasteiger partial charge in [-0.3, -0.25) is 4.79 Å².